The van der Waals surface area contributed by atoms with Crippen LogP contribution in [0.3, 0.4) is 0 Å². The van der Waals surface area contributed by atoms with Gasteiger partial charge >= 0.3 is 0 Å². The molecule has 0 atom stereocenters. The second-order valence-corrected chi connectivity index (χ2v) is 10.1. The van der Waals surface area contributed by atoms with E-state index in [1.54, 1.807) is 11.8 Å². The van der Waals surface area contributed by atoms with Gasteiger partial charge in [0.1, 0.15) is 0 Å². The largest absolute Gasteiger partial charge is 0.274 e. The molecule has 1 N–H and O–H groups in total. The van der Waals surface area contributed by atoms with Crippen molar-refractivity contribution in [3.8, 4) is 0 Å². The Morgan fingerprint density at radius 3 is 2.29 bits per heavy atom. The second kappa shape index (κ2) is 9.21. The van der Waals surface area contributed by atoms with Crippen LogP contribution in [0.25, 0.3) is 10.8 Å². The molecule has 0 aliphatic carbocycles. The van der Waals surface area contributed by atoms with Gasteiger partial charge in [0, 0.05) is 30.9 Å². The SMILES string of the molecule is O=C1CCC(=O)N1c1ccc(S(=O)(=O)NCCSCc2cccc3ccccc23)cc1. The molecule has 2 amide bonds. The fraction of sp³-hybridized carbons (Fsp3) is 0.217. The maximum Gasteiger partial charge on any atom is 0.240 e. The number of sulfonamides is 1. The van der Waals surface area contributed by atoms with E-state index in [1.165, 1.54) is 40.6 Å². The molecule has 0 aromatic heterocycles. The summed E-state index contributed by atoms with van der Waals surface area (Å²) in [7, 11) is -3.66. The molecule has 3 aromatic rings. The van der Waals surface area contributed by atoms with E-state index >= 15 is 0 Å². The van der Waals surface area contributed by atoms with Crippen LogP contribution in [0.4, 0.5) is 5.69 Å². The van der Waals surface area contributed by atoms with Gasteiger partial charge in [-0.15, -0.1) is 0 Å². The van der Waals surface area contributed by atoms with Crippen LogP contribution in [0.2, 0.25) is 0 Å². The van der Waals surface area contributed by atoms with Gasteiger partial charge in [-0.1, -0.05) is 42.5 Å². The number of nitrogens with one attached hydrogen (secondary N) is 1. The number of carbonyl (C=O) groups is 2. The molecular formula is C23H22N2O4S2. The van der Waals surface area contributed by atoms with Crippen LogP contribution in [-0.4, -0.2) is 32.5 Å². The summed E-state index contributed by atoms with van der Waals surface area (Å²) in [6.07, 6.45) is 0.383. The molecule has 1 heterocycles. The van der Waals surface area contributed by atoms with Crippen molar-refractivity contribution in [3.63, 3.8) is 0 Å². The third-order valence-electron chi connectivity index (χ3n) is 5.13. The number of hydrogen-bond acceptors (Lipinski definition) is 5. The number of nitrogens with zero attached hydrogens (tertiary/aromatic N) is 1. The standard InChI is InChI=1S/C23H22N2O4S2/c26-22-12-13-23(27)25(22)19-8-10-20(11-9-19)31(28,29)24-14-15-30-16-18-6-3-5-17-4-1-2-7-21(17)18/h1-11,24H,12-16H2. The fourth-order valence-electron chi connectivity index (χ4n) is 3.57. The third kappa shape index (κ3) is 4.81. The van der Waals surface area contributed by atoms with Crippen LogP contribution in [-0.2, 0) is 25.4 Å². The number of benzene rings is 3. The Bertz CT molecular complexity index is 1200. The molecule has 0 unspecified atom stereocenters. The first-order valence-corrected chi connectivity index (χ1v) is 12.6. The molecule has 31 heavy (non-hydrogen) atoms. The molecule has 0 spiro atoms. The summed E-state index contributed by atoms with van der Waals surface area (Å²) in [5, 5.41) is 2.41. The van der Waals surface area contributed by atoms with Crippen molar-refractivity contribution in [3.05, 3.63) is 72.3 Å². The predicted octanol–water partition coefficient (Wildman–Crippen LogP) is 3.70. The number of thioether (sulfide) groups is 1. The smallest absolute Gasteiger partial charge is 0.240 e. The van der Waals surface area contributed by atoms with E-state index in [4.69, 9.17) is 0 Å². The van der Waals surface area contributed by atoms with Gasteiger partial charge in [-0.3, -0.25) is 14.5 Å². The summed E-state index contributed by atoms with van der Waals surface area (Å²) in [5.41, 5.74) is 1.63. The summed E-state index contributed by atoms with van der Waals surface area (Å²) in [6, 6.07) is 20.2. The minimum atomic E-state index is -3.66. The van der Waals surface area contributed by atoms with Crippen molar-refractivity contribution in [1.82, 2.24) is 4.72 Å². The lowest BCUT2D eigenvalue weighted by Gasteiger charge is -2.14. The van der Waals surface area contributed by atoms with Gasteiger partial charge < -0.3 is 0 Å². The topological polar surface area (TPSA) is 83.6 Å². The number of hydrogen-bond donors (Lipinski definition) is 1. The van der Waals surface area contributed by atoms with Crippen molar-refractivity contribution in [1.29, 1.82) is 0 Å². The van der Waals surface area contributed by atoms with Crippen LogP contribution in [0.1, 0.15) is 18.4 Å². The Kier molecular flexibility index (Phi) is 6.41. The Hall–Kier alpha value is -2.68. The lowest BCUT2D eigenvalue weighted by atomic mass is 10.1. The fourth-order valence-corrected chi connectivity index (χ4v) is 5.59. The molecule has 0 radical (unpaired) electrons. The highest BCUT2D eigenvalue weighted by atomic mass is 32.2. The molecule has 0 saturated carbocycles. The van der Waals surface area contributed by atoms with Crippen LogP contribution in [0, 0.1) is 0 Å². The maximum absolute atomic E-state index is 12.5. The number of imide groups is 1. The molecule has 1 saturated heterocycles. The van der Waals surface area contributed by atoms with Gasteiger partial charge in [0.15, 0.2) is 0 Å². The number of carbonyl (C=O) groups excluding carboxylic acids is 2. The number of fused-ring (bicyclic) bond motifs is 1. The zero-order chi connectivity index (χ0) is 21.8. The first-order valence-electron chi connectivity index (χ1n) is 9.95. The minimum Gasteiger partial charge on any atom is -0.274 e. The molecule has 160 valence electrons. The normalized spacial score (nSPS) is 14.5. The van der Waals surface area contributed by atoms with E-state index in [0.717, 1.165) is 10.7 Å². The molecule has 1 aliphatic rings. The Morgan fingerprint density at radius 1 is 0.871 bits per heavy atom. The average Bonchev–Trinajstić information content (AvgIpc) is 3.11. The molecular weight excluding hydrogens is 432 g/mol. The average molecular weight is 455 g/mol. The van der Waals surface area contributed by atoms with Crippen molar-refractivity contribution in [2.24, 2.45) is 0 Å². The first-order chi connectivity index (χ1) is 15.0. The van der Waals surface area contributed by atoms with E-state index in [1.807, 2.05) is 18.2 Å². The highest BCUT2D eigenvalue weighted by Crippen LogP contribution is 2.24. The summed E-state index contributed by atoms with van der Waals surface area (Å²) in [6.45, 7) is 0.308. The first kappa shape index (κ1) is 21.5. The van der Waals surface area contributed by atoms with E-state index in [0.29, 0.717) is 18.0 Å². The van der Waals surface area contributed by atoms with Crippen LogP contribution in [0.15, 0.2) is 71.6 Å². The summed E-state index contributed by atoms with van der Waals surface area (Å²) in [5.74, 6) is 0.913. The molecule has 1 aliphatic heterocycles. The van der Waals surface area contributed by atoms with Crippen molar-refractivity contribution >= 4 is 50.1 Å². The summed E-state index contributed by atoms with van der Waals surface area (Å²) >= 11 is 1.67. The van der Waals surface area contributed by atoms with Gasteiger partial charge in [-0.2, -0.15) is 11.8 Å². The van der Waals surface area contributed by atoms with E-state index < -0.39 is 10.0 Å². The zero-order valence-electron chi connectivity index (χ0n) is 16.8. The summed E-state index contributed by atoms with van der Waals surface area (Å²) in [4.78, 5) is 24.8. The molecule has 3 aromatic carbocycles. The van der Waals surface area contributed by atoms with Crippen LogP contribution < -0.4 is 9.62 Å². The Morgan fingerprint density at radius 2 is 1.55 bits per heavy atom. The highest BCUT2D eigenvalue weighted by Gasteiger charge is 2.30. The predicted molar refractivity (Wildman–Crippen MR) is 123 cm³/mol. The monoisotopic (exact) mass is 454 g/mol. The Labute approximate surface area is 185 Å². The van der Waals surface area contributed by atoms with Gasteiger partial charge in [0.05, 0.1) is 10.6 Å². The van der Waals surface area contributed by atoms with Crippen molar-refractivity contribution in [2.45, 2.75) is 23.5 Å². The van der Waals surface area contributed by atoms with Gasteiger partial charge in [0.2, 0.25) is 21.8 Å². The minimum absolute atomic E-state index is 0.106. The van der Waals surface area contributed by atoms with Crippen molar-refractivity contribution in [2.75, 3.05) is 17.2 Å². The van der Waals surface area contributed by atoms with Crippen LogP contribution >= 0.6 is 11.8 Å². The zero-order valence-corrected chi connectivity index (χ0v) is 18.4. The lowest BCUT2D eigenvalue weighted by molar-refractivity contribution is -0.121. The quantitative estimate of drug-likeness (QED) is 0.414. The van der Waals surface area contributed by atoms with Crippen LogP contribution in [0.5, 0.6) is 0 Å². The van der Waals surface area contributed by atoms with Gasteiger partial charge in [-0.25, -0.2) is 13.1 Å². The number of rotatable bonds is 8. The third-order valence-corrected chi connectivity index (χ3v) is 7.62. The second-order valence-electron chi connectivity index (χ2n) is 7.21. The molecule has 1 fully saturated rings. The highest BCUT2D eigenvalue weighted by molar-refractivity contribution is 7.98. The maximum atomic E-state index is 12.5. The molecule has 0 bridgehead atoms. The Balaban J connectivity index is 1.31. The molecule has 6 nitrogen and oxygen atoms in total. The van der Waals surface area contributed by atoms with E-state index in [-0.39, 0.29) is 29.6 Å². The van der Waals surface area contributed by atoms with Crippen molar-refractivity contribution < 1.29 is 18.0 Å². The van der Waals surface area contributed by atoms with E-state index in [9.17, 15) is 18.0 Å². The lowest BCUT2D eigenvalue weighted by Crippen LogP contribution is -2.29. The molecule has 4 rings (SSSR count). The summed E-state index contributed by atoms with van der Waals surface area (Å²) < 4.78 is 27.7. The van der Waals surface area contributed by atoms with Gasteiger partial charge in [0.25, 0.3) is 0 Å². The number of anilines is 1. The number of amides is 2. The molecule has 8 heteroatoms. The van der Waals surface area contributed by atoms with Gasteiger partial charge in [-0.05, 0) is 40.6 Å². The van der Waals surface area contributed by atoms with E-state index in [2.05, 4.69) is 29.0 Å².